The first-order valence-corrected chi connectivity index (χ1v) is 9.63. The summed E-state index contributed by atoms with van der Waals surface area (Å²) in [6.07, 6.45) is -3.70. The van der Waals surface area contributed by atoms with Crippen LogP contribution in [0.1, 0.15) is 16.7 Å². The standard InChI is InChI=1S/C24H13ClF4O3/c25-21-15(7-4-8-17(21)24(27,28)29)12-19-22(30)20(23(31)32-19)16-10-9-14(11-18(16)26)13-5-2-1-3-6-13/h1-12,30H. The predicted octanol–water partition coefficient (Wildman–Crippen LogP) is 7.03. The maximum Gasteiger partial charge on any atom is 0.417 e. The fourth-order valence-corrected chi connectivity index (χ4v) is 3.59. The lowest BCUT2D eigenvalue weighted by molar-refractivity contribution is -0.137. The van der Waals surface area contributed by atoms with Crippen LogP contribution in [0.5, 0.6) is 0 Å². The van der Waals surface area contributed by atoms with Crippen LogP contribution in [-0.2, 0) is 15.7 Å². The highest BCUT2D eigenvalue weighted by Gasteiger charge is 2.35. The van der Waals surface area contributed by atoms with Crippen molar-refractivity contribution in [3.8, 4) is 11.1 Å². The number of alkyl halides is 3. The summed E-state index contributed by atoms with van der Waals surface area (Å²) < 4.78 is 59.0. The van der Waals surface area contributed by atoms with Crippen LogP contribution >= 0.6 is 11.6 Å². The second kappa shape index (κ2) is 8.16. The SMILES string of the molecule is O=C1OC(=Cc2cccc(C(F)(F)F)c2Cl)C(O)=C1c1ccc(-c2ccccc2)cc1F. The fraction of sp³-hybridized carbons (Fsp3) is 0.0417. The Kier molecular flexibility index (Phi) is 5.52. The summed E-state index contributed by atoms with van der Waals surface area (Å²) in [5.74, 6) is -2.95. The third-order valence-electron chi connectivity index (χ3n) is 4.84. The molecule has 0 spiro atoms. The lowest BCUT2D eigenvalue weighted by atomic mass is 9.99. The van der Waals surface area contributed by atoms with Crippen LogP contribution in [0, 0.1) is 5.82 Å². The number of hydrogen-bond donors (Lipinski definition) is 1. The number of ether oxygens (including phenoxy) is 1. The smallest absolute Gasteiger partial charge is 0.417 e. The van der Waals surface area contributed by atoms with E-state index >= 15 is 0 Å². The number of halogens is 5. The Hall–Kier alpha value is -3.58. The number of hydrogen-bond acceptors (Lipinski definition) is 3. The highest BCUT2D eigenvalue weighted by Crippen LogP contribution is 2.39. The van der Waals surface area contributed by atoms with E-state index in [0.29, 0.717) is 5.56 Å². The van der Waals surface area contributed by atoms with E-state index < -0.39 is 45.6 Å². The quantitative estimate of drug-likeness (QED) is 0.337. The van der Waals surface area contributed by atoms with Crippen LogP contribution in [0.4, 0.5) is 17.6 Å². The monoisotopic (exact) mass is 460 g/mol. The van der Waals surface area contributed by atoms with Gasteiger partial charge in [-0.25, -0.2) is 9.18 Å². The highest BCUT2D eigenvalue weighted by molar-refractivity contribution is 6.33. The van der Waals surface area contributed by atoms with E-state index in [-0.39, 0.29) is 11.1 Å². The second-order valence-electron chi connectivity index (χ2n) is 6.89. The largest absolute Gasteiger partial charge is 0.504 e. The molecule has 0 aliphatic carbocycles. The summed E-state index contributed by atoms with van der Waals surface area (Å²) in [7, 11) is 0. The van der Waals surface area contributed by atoms with Gasteiger partial charge in [-0.05, 0) is 34.9 Å². The molecule has 0 fully saturated rings. The third-order valence-corrected chi connectivity index (χ3v) is 5.26. The molecule has 32 heavy (non-hydrogen) atoms. The van der Waals surface area contributed by atoms with E-state index in [0.717, 1.165) is 23.8 Å². The summed E-state index contributed by atoms with van der Waals surface area (Å²) in [6, 6.07) is 16.3. The number of rotatable bonds is 3. The van der Waals surface area contributed by atoms with Crippen LogP contribution in [0.15, 0.2) is 78.2 Å². The van der Waals surface area contributed by atoms with Gasteiger partial charge in [0.1, 0.15) is 11.4 Å². The molecule has 1 aliphatic heterocycles. The first kappa shape index (κ1) is 21.6. The van der Waals surface area contributed by atoms with Gasteiger partial charge in [-0.1, -0.05) is 66.2 Å². The molecule has 162 valence electrons. The van der Waals surface area contributed by atoms with Gasteiger partial charge in [-0.15, -0.1) is 0 Å². The number of cyclic esters (lactones) is 1. The summed E-state index contributed by atoms with van der Waals surface area (Å²) in [6.45, 7) is 0. The summed E-state index contributed by atoms with van der Waals surface area (Å²) in [5, 5.41) is 9.88. The van der Waals surface area contributed by atoms with Crippen molar-refractivity contribution in [1.82, 2.24) is 0 Å². The zero-order chi connectivity index (χ0) is 23.0. The molecule has 0 bridgehead atoms. The van der Waals surface area contributed by atoms with Crippen LogP contribution in [-0.4, -0.2) is 11.1 Å². The fourth-order valence-electron chi connectivity index (χ4n) is 3.30. The normalized spacial score (nSPS) is 15.4. The molecule has 0 aromatic heterocycles. The Morgan fingerprint density at radius 2 is 1.66 bits per heavy atom. The van der Waals surface area contributed by atoms with Crippen molar-refractivity contribution >= 4 is 29.2 Å². The summed E-state index contributed by atoms with van der Waals surface area (Å²) in [5.41, 5.74) is -0.530. The number of esters is 1. The molecule has 1 aliphatic rings. The first-order valence-electron chi connectivity index (χ1n) is 9.25. The molecule has 0 radical (unpaired) electrons. The number of aliphatic hydroxyl groups is 1. The maximum absolute atomic E-state index is 14.8. The summed E-state index contributed by atoms with van der Waals surface area (Å²) in [4.78, 5) is 12.3. The number of benzene rings is 3. The lowest BCUT2D eigenvalue weighted by Gasteiger charge is -2.10. The molecule has 8 heteroatoms. The zero-order valence-corrected chi connectivity index (χ0v) is 16.8. The van der Waals surface area contributed by atoms with Gasteiger partial charge in [-0.2, -0.15) is 13.2 Å². The Morgan fingerprint density at radius 1 is 0.938 bits per heavy atom. The molecule has 3 aromatic carbocycles. The minimum absolute atomic E-state index is 0.128. The van der Waals surface area contributed by atoms with Gasteiger partial charge in [-0.3, -0.25) is 0 Å². The van der Waals surface area contributed by atoms with Gasteiger partial charge in [0, 0.05) is 5.56 Å². The average molecular weight is 461 g/mol. The van der Waals surface area contributed by atoms with E-state index in [1.807, 2.05) is 6.07 Å². The summed E-state index contributed by atoms with van der Waals surface area (Å²) >= 11 is 5.85. The van der Waals surface area contributed by atoms with E-state index in [2.05, 4.69) is 0 Å². The number of carbonyl (C=O) groups excluding carboxylic acids is 1. The minimum Gasteiger partial charge on any atom is -0.504 e. The Bertz CT molecular complexity index is 1280. The van der Waals surface area contributed by atoms with Crippen molar-refractivity contribution in [2.45, 2.75) is 6.18 Å². The van der Waals surface area contributed by atoms with Crippen molar-refractivity contribution in [3.63, 3.8) is 0 Å². The minimum atomic E-state index is -4.69. The lowest BCUT2D eigenvalue weighted by Crippen LogP contribution is -2.06. The molecular weight excluding hydrogens is 448 g/mol. The van der Waals surface area contributed by atoms with E-state index in [4.69, 9.17) is 16.3 Å². The van der Waals surface area contributed by atoms with Gasteiger partial charge in [0.25, 0.3) is 0 Å². The molecule has 0 saturated heterocycles. The van der Waals surface area contributed by atoms with E-state index in [9.17, 15) is 27.5 Å². The molecule has 3 aromatic rings. The van der Waals surface area contributed by atoms with Crippen LogP contribution in [0.2, 0.25) is 5.02 Å². The topological polar surface area (TPSA) is 46.5 Å². The Labute approximate surface area is 184 Å². The van der Waals surface area contributed by atoms with Crippen LogP contribution < -0.4 is 0 Å². The van der Waals surface area contributed by atoms with Gasteiger partial charge in [0.2, 0.25) is 0 Å². The average Bonchev–Trinajstić information content (AvgIpc) is 3.02. The van der Waals surface area contributed by atoms with Gasteiger partial charge in [0.05, 0.1) is 10.6 Å². The van der Waals surface area contributed by atoms with Crippen molar-refractivity contribution in [1.29, 1.82) is 0 Å². The molecular formula is C24H13ClF4O3. The van der Waals surface area contributed by atoms with Gasteiger partial charge >= 0.3 is 12.1 Å². The molecule has 0 atom stereocenters. The van der Waals surface area contributed by atoms with Crippen LogP contribution in [0.3, 0.4) is 0 Å². The first-order chi connectivity index (χ1) is 15.2. The van der Waals surface area contributed by atoms with Crippen molar-refractivity contribution in [2.75, 3.05) is 0 Å². The van der Waals surface area contributed by atoms with Crippen molar-refractivity contribution in [2.24, 2.45) is 0 Å². The molecule has 0 unspecified atom stereocenters. The molecule has 3 nitrogen and oxygen atoms in total. The molecule has 1 N–H and O–H groups in total. The van der Waals surface area contributed by atoms with E-state index in [1.54, 1.807) is 30.3 Å². The highest BCUT2D eigenvalue weighted by atomic mass is 35.5. The Balaban J connectivity index is 1.75. The molecule has 0 amide bonds. The van der Waals surface area contributed by atoms with Gasteiger partial charge < -0.3 is 9.84 Å². The molecule has 0 saturated carbocycles. The number of carbonyl (C=O) groups is 1. The van der Waals surface area contributed by atoms with E-state index in [1.165, 1.54) is 18.2 Å². The second-order valence-corrected chi connectivity index (χ2v) is 7.27. The Morgan fingerprint density at radius 3 is 2.31 bits per heavy atom. The molecule has 4 rings (SSSR count). The van der Waals surface area contributed by atoms with Crippen molar-refractivity contribution < 1.29 is 32.2 Å². The zero-order valence-electron chi connectivity index (χ0n) is 16.1. The predicted molar refractivity (Wildman–Crippen MR) is 112 cm³/mol. The molecule has 1 heterocycles. The van der Waals surface area contributed by atoms with Crippen LogP contribution in [0.25, 0.3) is 22.8 Å². The van der Waals surface area contributed by atoms with Gasteiger partial charge in [0.15, 0.2) is 11.5 Å². The number of aliphatic hydroxyl groups excluding tert-OH is 1. The third kappa shape index (κ3) is 3.99. The maximum atomic E-state index is 14.8. The van der Waals surface area contributed by atoms with Crippen molar-refractivity contribution in [3.05, 3.63) is 106 Å².